The molecule has 0 aromatic rings. The first kappa shape index (κ1) is 25.7. The molecule has 0 aliphatic heterocycles. The smallest absolute Gasteiger partial charge is 0.361 e. The highest BCUT2D eigenvalue weighted by Crippen LogP contribution is 2.66. The molecule has 3 atom stereocenters. The minimum atomic E-state index is -0.0801. The lowest BCUT2D eigenvalue weighted by molar-refractivity contribution is -0.883. The molecule has 3 unspecified atom stereocenters. The number of hydrogen-bond donors (Lipinski definition) is 0. The number of quaternary nitrogens is 1. The Morgan fingerprint density at radius 1 is 1.07 bits per heavy atom. The van der Waals surface area contributed by atoms with Crippen LogP contribution in [0.3, 0.4) is 0 Å². The maximum absolute atomic E-state index is 12.1. The summed E-state index contributed by atoms with van der Waals surface area (Å²) in [7, 11) is 4.19. The molecule has 0 N–H and O–H groups in total. The summed E-state index contributed by atoms with van der Waals surface area (Å²) in [5, 5.41) is 0. The number of ether oxygens (including phenoxy) is 2. The Morgan fingerprint density at radius 2 is 1.75 bits per heavy atom. The lowest BCUT2D eigenvalue weighted by atomic mass is 9.70. The van der Waals surface area contributed by atoms with Crippen LogP contribution in [-0.4, -0.2) is 57.0 Å². The van der Waals surface area contributed by atoms with Gasteiger partial charge in [0, 0.05) is 0 Å². The summed E-state index contributed by atoms with van der Waals surface area (Å²) < 4.78 is 12.4. The van der Waals surface area contributed by atoms with Crippen molar-refractivity contribution in [1.82, 2.24) is 0 Å². The van der Waals surface area contributed by atoms with Crippen LogP contribution in [0.1, 0.15) is 79.1 Å². The van der Waals surface area contributed by atoms with Crippen molar-refractivity contribution in [3.8, 4) is 0 Å². The van der Waals surface area contributed by atoms with Gasteiger partial charge < -0.3 is 26.4 Å². The van der Waals surface area contributed by atoms with E-state index in [0.717, 1.165) is 31.9 Å². The van der Waals surface area contributed by atoms with Crippen LogP contribution in [0, 0.1) is 16.7 Å². The number of fused-ring (bicyclic) bond motifs is 2. The average molecular weight is 418 g/mol. The lowest BCUT2D eigenvalue weighted by Crippen LogP contribution is -3.00. The van der Waals surface area contributed by atoms with E-state index in [0.29, 0.717) is 34.6 Å². The number of halogens is 1. The number of carbonyl (C=O) groups is 1. The van der Waals surface area contributed by atoms with Gasteiger partial charge in [-0.05, 0) is 42.4 Å². The Balaban J connectivity index is 0.00000392. The highest BCUT2D eigenvalue weighted by Gasteiger charge is 2.61. The topological polar surface area (TPSA) is 35.5 Å². The van der Waals surface area contributed by atoms with Crippen LogP contribution in [0.2, 0.25) is 0 Å². The third kappa shape index (κ3) is 6.09. The highest BCUT2D eigenvalue weighted by molar-refractivity contribution is 5.70. The Bertz CT molecular complexity index is 494. The Labute approximate surface area is 179 Å². The summed E-state index contributed by atoms with van der Waals surface area (Å²) in [6, 6.07) is 0. The molecule has 0 saturated heterocycles. The molecule has 2 aliphatic carbocycles. The van der Waals surface area contributed by atoms with Gasteiger partial charge >= 0.3 is 5.97 Å². The van der Waals surface area contributed by atoms with Crippen LogP contribution in [0.15, 0.2) is 0 Å². The number of nitrogens with zero attached hydrogens (tertiary/aromatic N) is 1. The molecule has 28 heavy (non-hydrogen) atoms. The van der Waals surface area contributed by atoms with Crippen molar-refractivity contribution >= 4 is 5.97 Å². The second-order valence-corrected chi connectivity index (χ2v) is 10.4. The van der Waals surface area contributed by atoms with E-state index < -0.39 is 0 Å². The minimum absolute atomic E-state index is 0. The zero-order valence-corrected chi connectivity index (χ0v) is 19.9. The van der Waals surface area contributed by atoms with E-state index in [2.05, 4.69) is 41.8 Å². The van der Waals surface area contributed by atoms with Gasteiger partial charge in [0.05, 0.1) is 33.4 Å². The number of unbranched alkanes of at least 4 members (excludes halogenated alkanes) is 4. The van der Waals surface area contributed by atoms with Crippen LogP contribution in [0.25, 0.3) is 0 Å². The normalized spacial score (nSPS) is 28.2. The number of rotatable bonds is 12. The number of hydrogen-bond acceptors (Lipinski definition) is 3. The van der Waals surface area contributed by atoms with Gasteiger partial charge in [-0.25, -0.2) is 4.79 Å². The third-order valence-electron chi connectivity index (χ3n) is 7.80. The molecule has 2 saturated carbocycles. The summed E-state index contributed by atoms with van der Waals surface area (Å²) >= 11 is 0. The van der Waals surface area contributed by atoms with E-state index in [-0.39, 0.29) is 18.4 Å². The lowest BCUT2D eigenvalue weighted by Gasteiger charge is -2.39. The van der Waals surface area contributed by atoms with E-state index >= 15 is 0 Å². The highest BCUT2D eigenvalue weighted by atomic mass is 35.5. The van der Waals surface area contributed by atoms with Crippen molar-refractivity contribution in [3.05, 3.63) is 0 Å². The standard InChI is InChI=1S/C23H44NO3.ClH/c1-7-8-9-10-11-15-27-21(25)18-24(5,6)14-16-26-20-17-19-12-13-23(20,4)22(19,2)3;/h19-20H,7-18H2,1-6H3;1H/q+1;/p-1. The molecule has 0 aromatic heterocycles. The molecule has 0 heterocycles. The van der Waals surface area contributed by atoms with Gasteiger partial charge in [-0.2, -0.15) is 0 Å². The summed E-state index contributed by atoms with van der Waals surface area (Å²) in [6.07, 6.45) is 10.1. The van der Waals surface area contributed by atoms with Crippen molar-refractivity contribution in [3.63, 3.8) is 0 Å². The maximum atomic E-state index is 12.1. The van der Waals surface area contributed by atoms with Crippen molar-refractivity contribution in [2.75, 3.05) is 40.4 Å². The molecule has 0 amide bonds. The van der Waals surface area contributed by atoms with Gasteiger partial charge in [-0.15, -0.1) is 0 Å². The predicted molar refractivity (Wildman–Crippen MR) is 111 cm³/mol. The van der Waals surface area contributed by atoms with E-state index in [9.17, 15) is 4.79 Å². The molecule has 0 radical (unpaired) electrons. The Hall–Kier alpha value is -0.320. The fourth-order valence-corrected chi connectivity index (χ4v) is 5.19. The molecular weight excluding hydrogens is 374 g/mol. The minimum Gasteiger partial charge on any atom is -1.00 e. The molecule has 2 aliphatic rings. The maximum Gasteiger partial charge on any atom is 0.361 e. The molecule has 2 bridgehead atoms. The summed E-state index contributed by atoms with van der Waals surface area (Å²) in [4.78, 5) is 12.1. The zero-order valence-electron chi connectivity index (χ0n) is 19.2. The largest absolute Gasteiger partial charge is 1.00 e. The first-order chi connectivity index (χ1) is 12.6. The molecular formula is C23H44ClNO3. The van der Waals surface area contributed by atoms with E-state index in [4.69, 9.17) is 9.47 Å². The zero-order chi connectivity index (χ0) is 20.1. The Kier molecular flexibility index (Phi) is 9.76. The first-order valence-electron chi connectivity index (χ1n) is 11.2. The van der Waals surface area contributed by atoms with Crippen molar-refractivity contribution in [2.45, 2.75) is 85.2 Å². The van der Waals surface area contributed by atoms with Gasteiger partial charge in [0.15, 0.2) is 6.54 Å². The Morgan fingerprint density at radius 3 is 2.32 bits per heavy atom. The summed E-state index contributed by atoms with van der Waals surface area (Å²) in [5.74, 6) is 0.728. The van der Waals surface area contributed by atoms with Crippen LogP contribution in [0.4, 0.5) is 0 Å². The first-order valence-corrected chi connectivity index (χ1v) is 11.2. The number of esters is 1. The van der Waals surface area contributed by atoms with E-state index in [1.165, 1.54) is 38.5 Å². The van der Waals surface area contributed by atoms with E-state index in [1.807, 2.05) is 0 Å². The fourth-order valence-electron chi connectivity index (χ4n) is 5.19. The van der Waals surface area contributed by atoms with Crippen molar-refractivity contribution < 1.29 is 31.2 Å². The number of carbonyl (C=O) groups excluding carboxylic acids is 1. The third-order valence-corrected chi connectivity index (χ3v) is 7.80. The molecule has 166 valence electrons. The van der Waals surface area contributed by atoms with Gasteiger partial charge in [-0.1, -0.05) is 53.4 Å². The summed E-state index contributed by atoms with van der Waals surface area (Å²) in [5.41, 5.74) is 0.703. The monoisotopic (exact) mass is 417 g/mol. The molecule has 4 nitrogen and oxygen atoms in total. The molecule has 0 aromatic carbocycles. The second kappa shape index (κ2) is 10.6. The van der Waals surface area contributed by atoms with Crippen molar-refractivity contribution in [2.24, 2.45) is 16.7 Å². The van der Waals surface area contributed by atoms with Gasteiger partial charge in [0.2, 0.25) is 0 Å². The van der Waals surface area contributed by atoms with Gasteiger partial charge in [0.1, 0.15) is 6.54 Å². The molecule has 5 heteroatoms. The number of likely N-dealkylation sites (N-methyl/N-ethyl adjacent to an activating group) is 1. The molecule has 2 rings (SSSR count). The van der Waals surface area contributed by atoms with Crippen molar-refractivity contribution in [1.29, 1.82) is 0 Å². The van der Waals surface area contributed by atoms with Gasteiger partial charge in [0.25, 0.3) is 0 Å². The molecule has 2 fully saturated rings. The predicted octanol–water partition coefficient (Wildman–Crippen LogP) is 1.81. The summed E-state index contributed by atoms with van der Waals surface area (Å²) in [6.45, 7) is 12.0. The SMILES string of the molecule is CCCCCCCOC(=O)C[N+](C)(C)CCOC1CC2CCC1(C)C2(C)C.[Cl-]. The van der Waals surface area contributed by atoms with Crippen LogP contribution < -0.4 is 12.4 Å². The van der Waals surface area contributed by atoms with E-state index in [1.54, 1.807) is 0 Å². The molecule has 0 spiro atoms. The fraction of sp³-hybridized carbons (Fsp3) is 0.957. The second-order valence-electron chi connectivity index (χ2n) is 10.4. The quantitative estimate of drug-likeness (QED) is 0.276. The van der Waals surface area contributed by atoms with Crippen LogP contribution >= 0.6 is 0 Å². The van der Waals surface area contributed by atoms with Gasteiger partial charge in [-0.3, -0.25) is 0 Å². The van der Waals surface area contributed by atoms with Crippen LogP contribution in [-0.2, 0) is 14.3 Å². The average Bonchev–Trinajstić information content (AvgIpc) is 2.91. The van der Waals surface area contributed by atoms with Crippen LogP contribution in [0.5, 0.6) is 0 Å².